The highest BCUT2D eigenvalue weighted by molar-refractivity contribution is 5.96. The van der Waals surface area contributed by atoms with Gasteiger partial charge in [0.05, 0.1) is 5.69 Å². The van der Waals surface area contributed by atoms with Gasteiger partial charge in [-0.15, -0.1) is 0 Å². The SMILES string of the molecule is Cn1nc(C(C)(C)C)c2c1NC(=O)CC2c1c[nH]c2ncccc12. The van der Waals surface area contributed by atoms with Gasteiger partial charge in [0.1, 0.15) is 11.5 Å². The van der Waals surface area contributed by atoms with E-state index in [-0.39, 0.29) is 17.2 Å². The first-order valence-corrected chi connectivity index (χ1v) is 8.15. The van der Waals surface area contributed by atoms with E-state index >= 15 is 0 Å². The van der Waals surface area contributed by atoms with Crippen molar-refractivity contribution in [1.82, 2.24) is 19.7 Å². The predicted octanol–water partition coefficient (Wildman–Crippen LogP) is 3.07. The third-order valence-electron chi connectivity index (χ3n) is 4.65. The molecule has 1 aliphatic rings. The second kappa shape index (κ2) is 4.93. The van der Waals surface area contributed by atoms with Crippen LogP contribution < -0.4 is 5.32 Å². The molecule has 3 aromatic heterocycles. The van der Waals surface area contributed by atoms with Crippen molar-refractivity contribution < 1.29 is 4.79 Å². The van der Waals surface area contributed by atoms with Gasteiger partial charge in [-0.3, -0.25) is 9.48 Å². The van der Waals surface area contributed by atoms with E-state index in [1.54, 1.807) is 10.9 Å². The number of hydrogen-bond donors (Lipinski definition) is 2. The van der Waals surface area contributed by atoms with Crippen LogP contribution in [0.4, 0.5) is 5.82 Å². The molecule has 1 atom stereocenters. The summed E-state index contributed by atoms with van der Waals surface area (Å²) in [5.74, 6) is 0.809. The number of aromatic amines is 1. The fourth-order valence-electron chi connectivity index (χ4n) is 3.57. The minimum Gasteiger partial charge on any atom is -0.346 e. The Bertz CT molecular complexity index is 944. The average Bonchev–Trinajstić information content (AvgIpc) is 3.08. The predicted molar refractivity (Wildman–Crippen MR) is 93.1 cm³/mol. The van der Waals surface area contributed by atoms with Crippen LogP contribution in [0.5, 0.6) is 0 Å². The van der Waals surface area contributed by atoms with Crippen LogP contribution in [0.2, 0.25) is 0 Å². The molecule has 0 aliphatic carbocycles. The normalized spacial score (nSPS) is 17.8. The van der Waals surface area contributed by atoms with E-state index in [1.165, 1.54) is 0 Å². The van der Waals surface area contributed by atoms with E-state index in [2.05, 4.69) is 36.1 Å². The minimum atomic E-state index is -0.101. The standard InChI is InChI=1S/C18H21N5O/c1-18(2,3)15-14-11(8-13(24)21-17(14)23(4)22-15)12-9-20-16-10(12)6-5-7-19-16/h5-7,9,11H,8H2,1-4H3,(H,19,20)(H,21,24). The van der Waals surface area contributed by atoms with Crippen molar-refractivity contribution in [1.29, 1.82) is 0 Å². The maximum atomic E-state index is 12.3. The van der Waals surface area contributed by atoms with Crippen molar-refractivity contribution in [3.63, 3.8) is 0 Å². The lowest BCUT2D eigenvalue weighted by Gasteiger charge is -2.26. The van der Waals surface area contributed by atoms with Gasteiger partial charge in [-0.05, 0) is 17.7 Å². The topological polar surface area (TPSA) is 75.6 Å². The molecule has 0 spiro atoms. The van der Waals surface area contributed by atoms with Gasteiger partial charge in [0, 0.05) is 48.1 Å². The summed E-state index contributed by atoms with van der Waals surface area (Å²) in [7, 11) is 1.88. The summed E-state index contributed by atoms with van der Waals surface area (Å²) in [6, 6.07) is 3.98. The number of carbonyl (C=O) groups excluding carboxylic acids is 1. The van der Waals surface area contributed by atoms with Gasteiger partial charge in [0.2, 0.25) is 5.91 Å². The monoisotopic (exact) mass is 323 g/mol. The Morgan fingerprint density at radius 1 is 1.33 bits per heavy atom. The Hall–Kier alpha value is -2.63. The van der Waals surface area contributed by atoms with Crippen LogP contribution in [0, 0.1) is 0 Å². The zero-order chi connectivity index (χ0) is 17.1. The number of nitrogens with zero attached hydrogens (tertiary/aromatic N) is 3. The summed E-state index contributed by atoms with van der Waals surface area (Å²) in [6.07, 6.45) is 4.17. The number of rotatable bonds is 1. The van der Waals surface area contributed by atoms with Gasteiger partial charge in [-0.25, -0.2) is 4.98 Å². The Morgan fingerprint density at radius 3 is 2.88 bits per heavy atom. The molecule has 6 nitrogen and oxygen atoms in total. The van der Waals surface area contributed by atoms with Crippen molar-refractivity contribution in [3.05, 3.63) is 41.3 Å². The number of amides is 1. The second-order valence-electron chi connectivity index (χ2n) is 7.43. The van der Waals surface area contributed by atoms with Crippen LogP contribution in [0.25, 0.3) is 11.0 Å². The van der Waals surface area contributed by atoms with E-state index in [9.17, 15) is 4.79 Å². The lowest BCUT2D eigenvalue weighted by atomic mass is 9.79. The lowest BCUT2D eigenvalue weighted by Crippen LogP contribution is -2.26. The lowest BCUT2D eigenvalue weighted by molar-refractivity contribution is -0.116. The number of aromatic nitrogens is 4. The number of aryl methyl sites for hydroxylation is 1. The molecule has 2 N–H and O–H groups in total. The summed E-state index contributed by atoms with van der Waals surface area (Å²) in [4.78, 5) is 19.9. The summed E-state index contributed by atoms with van der Waals surface area (Å²) >= 11 is 0. The molecule has 4 rings (SSSR count). The molecule has 124 valence electrons. The Morgan fingerprint density at radius 2 is 2.12 bits per heavy atom. The molecule has 0 fully saturated rings. The zero-order valence-corrected chi connectivity index (χ0v) is 14.3. The van der Waals surface area contributed by atoms with Crippen LogP contribution in [0.1, 0.15) is 49.9 Å². The van der Waals surface area contributed by atoms with Crippen LogP contribution in [0.3, 0.4) is 0 Å². The van der Waals surface area contributed by atoms with Crippen LogP contribution >= 0.6 is 0 Å². The summed E-state index contributed by atoms with van der Waals surface area (Å²) in [6.45, 7) is 6.46. The van der Waals surface area contributed by atoms with Crippen molar-refractivity contribution in [3.8, 4) is 0 Å². The molecule has 4 heterocycles. The summed E-state index contributed by atoms with van der Waals surface area (Å²) in [5, 5.41) is 8.77. The third-order valence-corrected chi connectivity index (χ3v) is 4.65. The maximum Gasteiger partial charge on any atom is 0.226 e. The molecule has 0 bridgehead atoms. The summed E-state index contributed by atoms with van der Waals surface area (Å²) in [5.41, 5.74) is 4.00. The zero-order valence-electron chi connectivity index (χ0n) is 14.3. The Labute approximate surface area is 140 Å². The van der Waals surface area contributed by atoms with Crippen LogP contribution in [-0.2, 0) is 17.3 Å². The molecule has 3 aromatic rings. The Kier molecular flexibility index (Phi) is 3.07. The van der Waals surface area contributed by atoms with Crippen molar-refractivity contribution >= 4 is 22.8 Å². The second-order valence-corrected chi connectivity index (χ2v) is 7.43. The molecule has 0 radical (unpaired) electrons. The van der Waals surface area contributed by atoms with Crippen molar-refractivity contribution in [2.75, 3.05) is 5.32 Å². The maximum absolute atomic E-state index is 12.3. The largest absolute Gasteiger partial charge is 0.346 e. The van der Waals surface area contributed by atoms with E-state index in [4.69, 9.17) is 5.10 Å². The third kappa shape index (κ3) is 2.13. The van der Waals surface area contributed by atoms with Gasteiger partial charge in [0.25, 0.3) is 0 Å². The number of anilines is 1. The number of hydrogen-bond acceptors (Lipinski definition) is 3. The first-order chi connectivity index (χ1) is 11.4. The number of H-pyrrole nitrogens is 1. The van der Waals surface area contributed by atoms with Crippen molar-refractivity contribution in [2.45, 2.75) is 38.5 Å². The molecule has 1 aliphatic heterocycles. The van der Waals surface area contributed by atoms with Gasteiger partial charge in [-0.1, -0.05) is 20.8 Å². The van der Waals surface area contributed by atoms with Crippen molar-refractivity contribution in [2.24, 2.45) is 7.05 Å². The first-order valence-electron chi connectivity index (χ1n) is 8.15. The van der Waals surface area contributed by atoms with Crippen LogP contribution in [0.15, 0.2) is 24.5 Å². The number of nitrogens with one attached hydrogen (secondary N) is 2. The molecule has 1 unspecified atom stereocenters. The van der Waals surface area contributed by atoms with Crippen LogP contribution in [-0.4, -0.2) is 25.7 Å². The van der Waals surface area contributed by atoms with E-state index in [1.807, 2.05) is 25.4 Å². The highest BCUT2D eigenvalue weighted by Gasteiger charge is 2.37. The number of pyridine rings is 1. The fourth-order valence-corrected chi connectivity index (χ4v) is 3.57. The molecule has 0 saturated heterocycles. The Balaban J connectivity index is 1.97. The summed E-state index contributed by atoms with van der Waals surface area (Å²) < 4.78 is 1.78. The van der Waals surface area contributed by atoms with Gasteiger partial charge < -0.3 is 10.3 Å². The molecular formula is C18H21N5O. The highest BCUT2D eigenvalue weighted by atomic mass is 16.1. The molecule has 1 amide bonds. The average molecular weight is 323 g/mol. The minimum absolute atomic E-state index is 0.0189. The smallest absolute Gasteiger partial charge is 0.226 e. The van der Waals surface area contributed by atoms with E-state index in [0.717, 1.165) is 33.7 Å². The molecule has 24 heavy (non-hydrogen) atoms. The molecule has 0 saturated carbocycles. The number of carbonyl (C=O) groups is 1. The first kappa shape index (κ1) is 14.9. The van der Waals surface area contributed by atoms with Gasteiger partial charge >= 0.3 is 0 Å². The molecule has 6 heteroatoms. The van der Waals surface area contributed by atoms with E-state index in [0.29, 0.717) is 6.42 Å². The molecular weight excluding hydrogens is 302 g/mol. The van der Waals surface area contributed by atoms with Gasteiger partial charge in [0.15, 0.2) is 0 Å². The van der Waals surface area contributed by atoms with E-state index < -0.39 is 0 Å². The van der Waals surface area contributed by atoms with Gasteiger partial charge in [-0.2, -0.15) is 5.10 Å². The fraction of sp³-hybridized carbons (Fsp3) is 0.389. The quantitative estimate of drug-likeness (QED) is 0.722. The molecule has 0 aromatic carbocycles. The highest BCUT2D eigenvalue weighted by Crippen LogP contribution is 2.44. The number of fused-ring (bicyclic) bond motifs is 2.